The van der Waals surface area contributed by atoms with E-state index in [2.05, 4.69) is 5.32 Å². The highest BCUT2D eigenvalue weighted by molar-refractivity contribution is 6.33. The molecular formula is C17H14ClNO4. The monoisotopic (exact) mass is 331 g/mol. The minimum atomic E-state index is -1.11. The Bertz CT molecular complexity index is 786. The number of hydrogen-bond acceptors (Lipinski definition) is 3. The summed E-state index contributed by atoms with van der Waals surface area (Å²) in [6.45, 7) is 1.57. The van der Waals surface area contributed by atoms with Crippen LogP contribution in [0.4, 0.5) is 0 Å². The summed E-state index contributed by atoms with van der Waals surface area (Å²) >= 11 is 5.89. The molecule has 1 amide bonds. The first-order chi connectivity index (χ1) is 10.9. The van der Waals surface area contributed by atoms with Crippen molar-refractivity contribution in [3.05, 3.63) is 69.7 Å². The van der Waals surface area contributed by atoms with Crippen molar-refractivity contribution in [1.82, 2.24) is 5.32 Å². The standard InChI is InChI=1S/C17H14ClNO4/c1-10(20)12-4-2-3-5-13(12)16(21)19-9-11-6-7-14(17(22)23)15(18)8-11/h2-8H,9H2,1H3,(H,19,21)(H,22,23). The highest BCUT2D eigenvalue weighted by atomic mass is 35.5. The Balaban J connectivity index is 2.12. The van der Waals surface area contributed by atoms with Gasteiger partial charge >= 0.3 is 5.97 Å². The van der Waals surface area contributed by atoms with Crippen molar-refractivity contribution in [2.75, 3.05) is 0 Å². The minimum Gasteiger partial charge on any atom is -0.478 e. The molecular weight excluding hydrogens is 318 g/mol. The van der Waals surface area contributed by atoms with Crippen molar-refractivity contribution in [3.63, 3.8) is 0 Å². The van der Waals surface area contributed by atoms with Crippen LogP contribution in [-0.2, 0) is 6.54 Å². The average molecular weight is 332 g/mol. The molecule has 0 radical (unpaired) electrons. The zero-order valence-corrected chi connectivity index (χ0v) is 13.1. The molecule has 2 aromatic rings. The lowest BCUT2D eigenvalue weighted by atomic mass is 10.0. The Morgan fingerprint density at radius 2 is 1.70 bits per heavy atom. The quantitative estimate of drug-likeness (QED) is 0.824. The Morgan fingerprint density at radius 3 is 2.26 bits per heavy atom. The fraction of sp³-hybridized carbons (Fsp3) is 0.118. The van der Waals surface area contributed by atoms with Crippen LogP contribution in [0.3, 0.4) is 0 Å². The van der Waals surface area contributed by atoms with Gasteiger partial charge in [-0.3, -0.25) is 9.59 Å². The van der Waals surface area contributed by atoms with Gasteiger partial charge in [0.2, 0.25) is 0 Å². The van der Waals surface area contributed by atoms with Gasteiger partial charge in [-0.2, -0.15) is 0 Å². The molecule has 6 heteroatoms. The second kappa shape index (κ2) is 7.07. The number of nitrogens with one attached hydrogen (secondary N) is 1. The maximum Gasteiger partial charge on any atom is 0.337 e. The lowest BCUT2D eigenvalue weighted by molar-refractivity contribution is 0.0696. The molecule has 2 aromatic carbocycles. The van der Waals surface area contributed by atoms with Crippen molar-refractivity contribution in [3.8, 4) is 0 Å². The molecule has 0 aliphatic heterocycles. The SMILES string of the molecule is CC(=O)c1ccccc1C(=O)NCc1ccc(C(=O)O)c(Cl)c1. The first kappa shape index (κ1) is 16.7. The second-order valence-electron chi connectivity index (χ2n) is 4.90. The summed E-state index contributed by atoms with van der Waals surface area (Å²) in [6, 6.07) is 11.0. The topological polar surface area (TPSA) is 83.5 Å². The van der Waals surface area contributed by atoms with Crippen molar-refractivity contribution >= 4 is 29.3 Å². The molecule has 0 heterocycles. The number of carboxylic acid groups (broad SMARTS) is 1. The molecule has 0 saturated carbocycles. The minimum absolute atomic E-state index is 0.00340. The van der Waals surface area contributed by atoms with Crippen molar-refractivity contribution in [2.45, 2.75) is 13.5 Å². The van der Waals surface area contributed by atoms with Crippen LogP contribution in [0.1, 0.15) is 43.6 Å². The Morgan fingerprint density at radius 1 is 1.04 bits per heavy atom. The summed E-state index contributed by atoms with van der Waals surface area (Å²) in [6.07, 6.45) is 0. The number of halogens is 1. The van der Waals surface area contributed by atoms with E-state index in [-0.39, 0.29) is 28.8 Å². The van der Waals surface area contributed by atoms with Gasteiger partial charge in [-0.1, -0.05) is 35.9 Å². The summed E-state index contributed by atoms with van der Waals surface area (Å²) < 4.78 is 0. The normalized spacial score (nSPS) is 10.2. The van der Waals surface area contributed by atoms with Crippen LogP contribution >= 0.6 is 11.6 Å². The average Bonchev–Trinajstić information content (AvgIpc) is 2.52. The molecule has 0 atom stereocenters. The van der Waals surface area contributed by atoms with Crippen LogP contribution in [0.5, 0.6) is 0 Å². The van der Waals surface area contributed by atoms with Crippen molar-refractivity contribution in [2.24, 2.45) is 0 Å². The van der Waals surface area contributed by atoms with Gasteiger partial charge in [-0.05, 0) is 30.7 Å². The van der Waals surface area contributed by atoms with Gasteiger partial charge < -0.3 is 10.4 Å². The van der Waals surface area contributed by atoms with Gasteiger partial charge in [-0.25, -0.2) is 4.79 Å². The maximum absolute atomic E-state index is 12.2. The lowest BCUT2D eigenvalue weighted by Crippen LogP contribution is -2.24. The molecule has 0 saturated heterocycles. The van der Waals surface area contributed by atoms with E-state index in [0.29, 0.717) is 16.7 Å². The first-order valence-corrected chi connectivity index (χ1v) is 7.18. The molecule has 0 unspecified atom stereocenters. The maximum atomic E-state index is 12.2. The van der Waals surface area contributed by atoms with E-state index in [1.807, 2.05) is 0 Å². The summed E-state index contributed by atoms with van der Waals surface area (Å²) in [5.74, 6) is -1.68. The van der Waals surface area contributed by atoms with Gasteiger partial charge in [0.25, 0.3) is 5.91 Å². The molecule has 118 valence electrons. The molecule has 0 aliphatic carbocycles. The summed E-state index contributed by atoms with van der Waals surface area (Å²) in [7, 11) is 0. The summed E-state index contributed by atoms with van der Waals surface area (Å²) in [4.78, 5) is 34.7. The Kier molecular flexibility index (Phi) is 5.13. The zero-order valence-electron chi connectivity index (χ0n) is 12.3. The number of amides is 1. The number of Topliss-reactive ketones (excluding diaryl/α,β-unsaturated/α-hetero) is 1. The number of carbonyl (C=O) groups excluding carboxylic acids is 2. The van der Waals surface area contributed by atoms with Crippen LogP contribution in [0.25, 0.3) is 0 Å². The predicted molar refractivity (Wildman–Crippen MR) is 86.0 cm³/mol. The zero-order chi connectivity index (χ0) is 17.0. The molecule has 0 fully saturated rings. The van der Waals surface area contributed by atoms with E-state index in [9.17, 15) is 14.4 Å². The van der Waals surface area contributed by atoms with Crippen LogP contribution in [0, 0.1) is 0 Å². The number of hydrogen-bond donors (Lipinski definition) is 2. The van der Waals surface area contributed by atoms with Gasteiger partial charge in [-0.15, -0.1) is 0 Å². The number of aromatic carboxylic acids is 1. The van der Waals surface area contributed by atoms with Gasteiger partial charge in [0, 0.05) is 12.1 Å². The largest absolute Gasteiger partial charge is 0.478 e. The first-order valence-electron chi connectivity index (χ1n) is 6.80. The van der Waals surface area contributed by atoms with Crippen molar-refractivity contribution in [1.29, 1.82) is 0 Å². The summed E-state index contributed by atoms with van der Waals surface area (Å²) in [5.41, 5.74) is 1.31. The van der Waals surface area contributed by atoms with Gasteiger partial charge in [0.15, 0.2) is 5.78 Å². The third-order valence-electron chi connectivity index (χ3n) is 3.27. The van der Waals surface area contributed by atoms with E-state index < -0.39 is 5.97 Å². The van der Waals surface area contributed by atoms with Crippen LogP contribution in [0.15, 0.2) is 42.5 Å². The molecule has 0 bridgehead atoms. The van der Waals surface area contributed by atoms with Crippen LogP contribution in [-0.4, -0.2) is 22.8 Å². The van der Waals surface area contributed by atoms with Crippen molar-refractivity contribution < 1.29 is 19.5 Å². The van der Waals surface area contributed by atoms with Gasteiger partial charge in [0.05, 0.1) is 16.1 Å². The van der Waals surface area contributed by atoms with Crippen LogP contribution < -0.4 is 5.32 Å². The fourth-order valence-electron chi connectivity index (χ4n) is 2.11. The molecule has 5 nitrogen and oxygen atoms in total. The number of benzene rings is 2. The molecule has 0 aliphatic rings. The highest BCUT2D eigenvalue weighted by Gasteiger charge is 2.14. The van der Waals surface area contributed by atoms with E-state index in [1.165, 1.54) is 19.1 Å². The second-order valence-corrected chi connectivity index (χ2v) is 5.31. The summed E-state index contributed by atoms with van der Waals surface area (Å²) in [5, 5.41) is 11.7. The number of ketones is 1. The predicted octanol–water partition coefficient (Wildman–Crippen LogP) is 3.17. The van der Waals surface area contributed by atoms with E-state index in [4.69, 9.17) is 16.7 Å². The van der Waals surface area contributed by atoms with E-state index in [1.54, 1.807) is 30.3 Å². The molecule has 2 rings (SSSR count). The molecule has 0 aromatic heterocycles. The van der Waals surface area contributed by atoms with E-state index >= 15 is 0 Å². The van der Waals surface area contributed by atoms with E-state index in [0.717, 1.165) is 0 Å². The Labute approximate surface area is 137 Å². The smallest absolute Gasteiger partial charge is 0.337 e. The molecule has 23 heavy (non-hydrogen) atoms. The third kappa shape index (κ3) is 3.96. The number of rotatable bonds is 5. The lowest BCUT2D eigenvalue weighted by Gasteiger charge is -2.09. The fourth-order valence-corrected chi connectivity index (χ4v) is 2.39. The number of carbonyl (C=O) groups is 3. The Hall–Kier alpha value is -2.66. The van der Waals surface area contributed by atoms with Crippen LogP contribution in [0.2, 0.25) is 5.02 Å². The highest BCUT2D eigenvalue weighted by Crippen LogP contribution is 2.18. The van der Waals surface area contributed by atoms with Gasteiger partial charge in [0.1, 0.15) is 0 Å². The number of carboxylic acids is 1. The molecule has 2 N–H and O–H groups in total. The molecule has 0 spiro atoms. The third-order valence-corrected chi connectivity index (χ3v) is 3.58.